The van der Waals surface area contributed by atoms with E-state index in [-0.39, 0.29) is 17.4 Å². The number of para-hydroxylation sites is 1. The van der Waals surface area contributed by atoms with Crippen molar-refractivity contribution >= 4 is 17.5 Å². The summed E-state index contributed by atoms with van der Waals surface area (Å²) in [6, 6.07) is 10.9. The molecule has 0 bridgehead atoms. The van der Waals surface area contributed by atoms with Crippen molar-refractivity contribution in [3.05, 3.63) is 58.0 Å². The highest BCUT2D eigenvalue weighted by Gasteiger charge is 2.28. The zero-order valence-electron chi connectivity index (χ0n) is 17.3. The third kappa shape index (κ3) is 4.14. The first-order valence-electron chi connectivity index (χ1n) is 10.5. The smallest absolute Gasteiger partial charge is 0.274 e. The molecule has 0 aliphatic carbocycles. The fraction of sp³-hybridized carbons (Fsp3) is 0.455. The average molecular weight is 409 g/mol. The summed E-state index contributed by atoms with van der Waals surface area (Å²) < 4.78 is 1.34. The maximum absolute atomic E-state index is 12.8. The Morgan fingerprint density at radius 3 is 2.53 bits per heavy atom. The summed E-state index contributed by atoms with van der Waals surface area (Å²) >= 11 is 0. The van der Waals surface area contributed by atoms with Crippen molar-refractivity contribution in [3.63, 3.8) is 0 Å². The van der Waals surface area contributed by atoms with Crippen molar-refractivity contribution in [2.75, 3.05) is 44.2 Å². The van der Waals surface area contributed by atoms with Gasteiger partial charge in [0.25, 0.3) is 11.5 Å². The zero-order valence-corrected chi connectivity index (χ0v) is 17.3. The van der Waals surface area contributed by atoms with E-state index in [1.165, 1.54) is 22.4 Å². The molecule has 2 aliphatic heterocycles. The van der Waals surface area contributed by atoms with Gasteiger partial charge in [-0.3, -0.25) is 19.3 Å². The molecule has 2 aromatic rings. The highest BCUT2D eigenvalue weighted by molar-refractivity contribution is 5.96. The van der Waals surface area contributed by atoms with Crippen LogP contribution in [-0.4, -0.2) is 70.7 Å². The standard InChI is InChI=1S/C22H27N5O3/c1-2-10-27-20(28)8-7-18(23-27)22(30)25-14-12-24(13-15-25)16-21(29)26-11-9-17-5-3-4-6-19(17)26/h3-8H,2,9-16H2,1H3. The number of aromatic nitrogens is 2. The van der Waals surface area contributed by atoms with Crippen molar-refractivity contribution in [3.8, 4) is 0 Å². The van der Waals surface area contributed by atoms with Crippen LogP contribution in [0.5, 0.6) is 0 Å². The van der Waals surface area contributed by atoms with E-state index < -0.39 is 0 Å². The molecule has 8 heteroatoms. The van der Waals surface area contributed by atoms with Gasteiger partial charge in [0.05, 0.1) is 6.54 Å². The van der Waals surface area contributed by atoms with Gasteiger partial charge in [-0.2, -0.15) is 5.10 Å². The molecule has 0 spiro atoms. The van der Waals surface area contributed by atoms with Gasteiger partial charge < -0.3 is 9.80 Å². The van der Waals surface area contributed by atoms with E-state index in [1.807, 2.05) is 30.0 Å². The number of fused-ring (bicyclic) bond motifs is 1. The lowest BCUT2D eigenvalue weighted by molar-refractivity contribution is -0.120. The normalized spacial score (nSPS) is 16.6. The molecule has 0 unspecified atom stereocenters. The number of nitrogens with zero attached hydrogens (tertiary/aromatic N) is 5. The summed E-state index contributed by atoms with van der Waals surface area (Å²) in [5.41, 5.74) is 2.34. The molecule has 2 amide bonds. The molecule has 158 valence electrons. The van der Waals surface area contributed by atoms with Gasteiger partial charge in [-0.25, -0.2) is 4.68 Å². The number of piperazine rings is 1. The molecule has 1 fully saturated rings. The molecule has 2 aliphatic rings. The van der Waals surface area contributed by atoms with Gasteiger partial charge in [0.1, 0.15) is 5.69 Å². The predicted molar refractivity (Wildman–Crippen MR) is 114 cm³/mol. The number of hydrogen-bond acceptors (Lipinski definition) is 5. The van der Waals surface area contributed by atoms with Crippen LogP contribution in [0.1, 0.15) is 29.4 Å². The second kappa shape index (κ2) is 8.79. The quantitative estimate of drug-likeness (QED) is 0.736. The van der Waals surface area contributed by atoms with Crippen molar-refractivity contribution in [2.45, 2.75) is 26.3 Å². The molecule has 30 heavy (non-hydrogen) atoms. The van der Waals surface area contributed by atoms with E-state index in [0.29, 0.717) is 45.0 Å². The first kappa shape index (κ1) is 20.3. The Hall–Kier alpha value is -3.00. The lowest BCUT2D eigenvalue weighted by Gasteiger charge is -2.34. The topological polar surface area (TPSA) is 78.8 Å². The molecular weight excluding hydrogens is 382 g/mol. The number of rotatable bonds is 5. The lowest BCUT2D eigenvalue weighted by Crippen LogP contribution is -2.51. The van der Waals surface area contributed by atoms with Crippen LogP contribution < -0.4 is 10.5 Å². The van der Waals surface area contributed by atoms with Crippen LogP contribution in [0.25, 0.3) is 0 Å². The van der Waals surface area contributed by atoms with E-state index in [1.54, 1.807) is 4.90 Å². The number of hydrogen-bond donors (Lipinski definition) is 0. The van der Waals surface area contributed by atoms with Crippen LogP contribution in [-0.2, 0) is 17.8 Å². The second-order valence-electron chi connectivity index (χ2n) is 7.77. The number of amides is 2. The maximum Gasteiger partial charge on any atom is 0.274 e. The Balaban J connectivity index is 1.33. The highest BCUT2D eigenvalue weighted by atomic mass is 16.2. The summed E-state index contributed by atoms with van der Waals surface area (Å²) in [6.07, 6.45) is 1.68. The van der Waals surface area contributed by atoms with Crippen molar-refractivity contribution in [1.29, 1.82) is 0 Å². The molecule has 4 rings (SSSR count). The van der Waals surface area contributed by atoms with Crippen LogP contribution >= 0.6 is 0 Å². The van der Waals surface area contributed by atoms with Gasteiger partial charge in [0.2, 0.25) is 5.91 Å². The SMILES string of the molecule is CCCn1nc(C(=O)N2CCN(CC(=O)N3CCc4ccccc43)CC2)ccc1=O. The van der Waals surface area contributed by atoms with Gasteiger partial charge >= 0.3 is 0 Å². The highest BCUT2D eigenvalue weighted by Crippen LogP contribution is 2.27. The molecule has 0 radical (unpaired) electrons. The summed E-state index contributed by atoms with van der Waals surface area (Å²) in [7, 11) is 0. The fourth-order valence-corrected chi connectivity index (χ4v) is 4.08. The minimum Gasteiger partial charge on any atom is -0.335 e. The number of carbonyl (C=O) groups excluding carboxylic acids is 2. The number of anilines is 1. The van der Waals surface area contributed by atoms with Crippen LogP contribution in [0.3, 0.4) is 0 Å². The Morgan fingerprint density at radius 1 is 1.00 bits per heavy atom. The molecule has 1 saturated heterocycles. The first-order chi connectivity index (χ1) is 14.6. The van der Waals surface area contributed by atoms with Gasteiger partial charge in [0.15, 0.2) is 0 Å². The lowest BCUT2D eigenvalue weighted by atomic mass is 10.2. The van der Waals surface area contributed by atoms with Gasteiger partial charge in [-0.05, 0) is 30.5 Å². The third-order valence-corrected chi connectivity index (χ3v) is 5.73. The van der Waals surface area contributed by atoms with Crippen molar-refractivity contribution < 1.29 is 9.59 Å². The molecule has 0 saturated carbocycles. The summed E-state index contributed by atoms with van der Waals surface area (Å²) in [5.74, 6) is -0.0627. The van der Waals surface area contributed by atoms with Crippen molar-refractivity contribution in [2.24, 2.45) is 0 Å². The summed E-state index contributed by atoms with van der Waals surface area (Å²) in [6.45, 7) is 5.91. The largest absolute Gasteiger partial charge is 0.335 e. The number of aryl methyl sites for hydroxylation is 1. The van der Waals surface area contributed by atoms with Gasteiger partial charge in [-0.1, -0.05) is 25.1 Å². The van der Waals surface area contributed by atoms with Crippen LogP contribution in [0.4, 0.5) is 5.69 Å². The second-order valence-corrected chi connectivity index (χ2v) is 7.77. The molecule has 8 nitrogen and oxygen atoms in total. The fourth-order valence-electron chi connectivity index (χ4n) is 4.08. The number of carbonyl (C=O) groups is 2. The monoisotopic (exact) mass is 409 g/mol. The number of benzene rings is 1. The molecular formula is C22H27N5O3. The molecule has 0 N–H and O–H groups in total. The van der Waals surface area contributed by atoms with Gasteiger partial charge in [0, 0.05) is 51.0 Å². The van der Waals surface area contributed by atoms with Crippen molar-refractivity contribution in [1.82, 2.24) is 19.6 Å². The molecule has 3 heterocycles. The zero-order chi connectivity index (χ0) is 21.1. The van der Waals surface area contributed by atoms with E-state index in [9.17, 15) is 14.4 Å². The predicted octanol–water partition coefficient (Wildman–Crippen LogP) is 1.00. The Labute approximate surface area is 175 Å². The average Bonchev–Trinajstić information content (AvgIpc) is 3.20. The minimum atomic E-state index is -0.194. The van der Waals surface area contributed by atoms with Gasteiger partial charge in [-0.15, -0.1) is 0 Å². The van der Waals surface area contributed by atoms with E-state index in [4.69, 9.17) is 0 Å². The minimum absolute atomic E-state index is 0.105. The van der Waals surface area contributed by atoms with Crippen LogP contribution in [0, 0.1) is 0 Å². The Kier molecular flexibility index (Phi) is 5.94. The Bertz CT molecular complexity index is 994. The summed E-state index contributed by atoms with van der Waals surface area (Å²) in [4.78, 5) is 43.1. The summed E-state index contributed by atoms with van der Waals surface area (Å²) in [5, 5.41) is 4.22. The third-order valence-electron chi connectivity index (χ3n) is 5.73. The van der Waals surface area contributed by atoms with Crippen LogP contribution in [0.2, 0.25) is 0 Å². The Morgan fingerprint density at radius 2 is 1.77 bits per heavy atom. The molecule has 0 atom stereocenters. The molecule has 1 aromatic heterocycles. The maximum atomic E-state index is 12.8. The molecule has 1 aromatic carbocycles. The van der Waals surface area contributed by atoms with E-state index in [0.717, 1.165) is 25.1 Å². The van der Waals surface area contributed by atoms with E-state index in [2.05, 4.69) is 16.1 Å². The first-order valence-corrected chi connectivity index (χ1v) is 10.5. The van der Waals surface area contributed by atoms with Crippen LogP contribution in [0.15, 0.2) is 41.2 Å². The van der Waals surface area contributed by atoms with E-state index >= 15 is 0 Å².